The van der Waals surface area contributed by atoms with E-state index in [4.69, 9.17) is 4.74 Å². The second-order valence-corrected chi connectivity index (χ2v) is 4.31. The second-order valence-electron chi connectivity index (χ2n) is 4.31. The Balaban J connectivity index is 2.18. The predicted octanol–water partition coefficient (Wildman–Crippen LogP) is 1.77. The summed E-state index contributed by atoms with van der Waals surface area (Å²) < 4.78 is 9.42. The number of esters is 1. The summed E-state index contributed by atoms with van der Waals surface area (Å²) in [6.45, 7) is 8.39. The highest BCUT2D eigenvalue weighted by molar-refractivity contribution is 5.71. The minimum absolute atomic E-state index is 0.0174. The van der Waals surface area contributed by atoms with Crippen LogP contribution in [0.3, 0.4) is 0 Å². The molecule has 0 saturated carbocycles. The van der Waals surface area contributed by atoms with Crippen LogP contribution in [0.4, 0.5) is 0 Å². The molecule has 17 heavy (non-hydrogen) atoms. The zero-order valence-electron chi connectivity index (χ0n) is 11.1. The summed E-state index contributed by atoms with van der Waals surface area (Å²) in [5.41, 5.74) is 0. The highest BCUT2D eigenvalue weighted by Gasteiger charge is 2.11. The van der Waals surface area contributed by atoms with Gasteiger partial charge in [-0.25, -0.2) is 9.13 Å². The molecule has 0 aliphatic rings. The van der Waals surface area contributed by atoms with E-state index >= 15 is 0 Å². The van der Waals surface area contributed by atoms with Crippen molar-refractivity contribution in [3.8, 4) is 0 Å². The maximum atomic E-state index is 11.4. The van der Waals surface area contributed by atoms with Crippen molar-refractivity contribution in [2.75, 3.05) is 6.61 Å². The smallest absolute Gasteiger partial charge is 0.308 e. The highest BCUT2D eigenvalue weighted by Crippen LogP contribution is 2.03. The van der Waals surface area contributed by atoms with E-state index < -0.39 is 0 Å². The fraction of sp³-hybridized carbons (Fsp3) is 0.692. The summed E-state index contributed by atoms with van der Waals surface area (Å²) in [6, 6.07) is 0. The Bertz CT molecular complexity index is 347. The number of aromatic nitrogens is 2. The van der Waals surface area contributed by atoms with Crippen molar-refractivity contribution in [3.63, 3.8) is 0 Å². The van der Waals surface area contributed by atoms with Crippen molar-refractivity contribution in [2.45, 2.75) is 46.7 Å². The number of nitrogens with zero attached hydrogens (tertiary/aromatic N) is 2. The van der Waals surface area contributed by atoms with Gasteiger partial charge in [0.15, 0.2) is 0 Å². The molecule has 0 saturated heterocycles. The van der Waals surface area contributed by atoms with Crippen LogP contribution < -0.4 is 4.57 Å². The van der Waals surface area contributed by atoms with Crippen LogP contribution in [0.15, 0.2) is 18.7 Å². The maximum Gasteiger partial charge on any atom is 0.308 e. The molecule has 0 aliphatic heterocycles. The fourth-order valence-corrected chi connectivity index (χ4v) is 1.49. The van der Waals surface area contributed by atoms with Crippen LogP contribution in [0.2, 0.25) is 0 Å². The molecule has 1 heterocycles. The first-order valence-electron chi connectivity index (χ1n) is 6.38. The van der Waals surface area contributed by atoms with E-state index in [1.165, 1.54) is 0 Å². The van der Waals surface area contributed by atoms with Crippen LogP contribution in [0.1, 0.15) is 33.6 Å². The number of rotatable bonds is 7. The van der Waals surface area contributed by atoms with E-state index in [-0.39, 0.29) is 11.9 Å². The first-order chi connectivity index (χ1) is 8.17. The van der Waals surface area contributed by atoms with E-state index in [0.29, 0.717) is 6.61 Å². The average Bonchev–Trinajstić information content (AvgIpc) is 2.81. The molecule has 1 aromatic rings. The van der Waals surface area contributed by atoms with Crippen molar-refractivity contribution in [1.29, 1.82) is 0 Å². The molecule has 96 valence electrons. The number of carbonyl (C=O) groups excluding carboxylic acids is 1. The summed E-state index contributed by atoms with van der Waals surface area (Å²) in [5, 5.41) is 0. The monoisotopic (exact) mass is 239 g/mol. The summed E-state index contributed by atoms with van der Waals surface area (Å²) in [5.74, 6) is -0.0625. The van der Waals surface area contributed by atoms with Crippen LogP contribution in [0.5, 0.6) is 0 Å². The number of aryl methyl sites for hydroxylation is 2. The van der Waals surface area contributed by atoms with Gasteiger partial charge in [-0.05, 0) is 13.3 Å². The number of carbonyl (C=O) groups is 1. The largest absolute Gasteiger partial charge is 0.465 e. The van der Waals surface area contributed by atoms with E-state index in [2.05, 4.69) is 22.4 Å². The Labute approximate surface area is 103 Å². The maximum absolute atomic E-state index is 11.4. The molecule has 1 rings (SSSR count). The summed E-state index contributed by atoms with van der Waals surface area (Å²) in [6.07, 6.45) is 7.86. The van der Waals surface area contributed by atoms with Crippen LogP contribution >= 0.6 is 0 Å². The van der Waals surface area contributed by atoms with Gasteiger partial charge in [0.25, 0.3) is 0 Å². The SMILES string of the molecule is CCC(C)C(=O)OCCC[n+]1ccn(CC)c1. The lowest BCUT2D eigenvalue weighted by molar-refractivity contribution is -0.697. The van der Waals surface area contributed by atoms with Gasteiger partial charge in [-0.1, -0.05) is 13.8 Å². The average molecular weight is 239 g/mol. The van der Waals surface area contributed by atoms with Gasteiger partial charge in [-0.3, -0.25) is 4.79 Å². The van der Waals surface area contributed by atoms with Crippen LogP contribution in [-0.2, 0) is 22.6 Å². The highest BCUT2D eigenvalue weighted by atomic mass is 16.5. The fourth-order valence-electron chi connectivity index (χ4n) is 1.49. The van der Waals surface area contributed by atoms with Gasteiger partial charge in [0.2, 0.25) is 6.33 Å². The molecule has 0 spiro atoms. The van der Waals surface area contributed by atoms with Gasteiger partial charge >= 0.3 is 5.97 Å². The van der Waals surface area contributed by atoms with E-state index in [9.17, 15) is 4.79 Å². The Morgan fingerprint density at radius 2 is 2.24 bits per heavy atom. The van der Waals surface area contributed by atoms with Gasteiger partial charge < -0.3 is 4.74 Å². The van der Waals surface area contributed by atoms with Crippen molar-refractivity contribution in [3.05, 3.63) is 18.7 Å². The molecule has 0 amide bonds. The predicted molar refractivity (Wildman–Crippen MR) is 65.3 cm³/mol. The number of imidazole rings is 1. The van der Waals surface area contributed by atoms with Crippen molar-refractivity contribution >= 4 is 5.97 Å². The van der Waals surface area contributed by atoms with E-state index in [1.54, 1.807) is 0 Å². The van der Waals surface area contributed by atoms with Crippen molar-refractivity contribution < 1.29 is 14.1 Å². The molecule has 1 atom stereocenters. The summed E-state index contributed by atoms with van der Waals surface area (Å²) in [7, 11) is 0. The molecule has 0 bridgehead atoms. The number of hydrogen-bond donors (Lipinski definition) is 0. The topological polar surface area (TPSA) is 35.1 Å². The first-order valence-corrected chi connectivity index (χ1v) is 6.38. The van der Waals surface area contributed by atoms with Crippen molar-refractivity contribution in [2.24, 2.45) is 5.92 Å². The van der Waals surface area contributed by atoms with Gasteiger partial charge in [0.05, 0.1) is 25.6 Å². The minimum Gasteiger partial charge on any atom is -0.465 e. The molecule has 0 aromatic carbocycles. The van der Waals surface area contributed by atoms with E-state index in [1.807, 2.05) is 26.2 Å². The van der Waals surface area contributed by atoms with E-state index in [0.717, 1.165) is 25.9 Å². The van der Waals surface area contributed by atoms with Crippen LogP contribution in [0.25, 0.3) is 0 Å². The zero-order valence-corrected chi connectivity index (χ0v) is 11.1. The van der Waals surface area contributed by atoms with Crippen LogP contribution in [0, 0.1) is 5.92 Å². The Kier molecular flexibility index (Phi) is 5.73. The molecule has 4 heteroatoms. The third kappa shape index (κ3) is 4.59. The molecule has 4 nitrogen and oxygen atoms in total. The molecular formula is C13H23N2O2+. The molecular weight excluding hydrogens is 216 g/mol. The third-order valence-corrected chi connectivity index (χ3v) is 2.93. The molecule has 1 unspecified atom stereocenters. The third-order valence-electron chi connectivity index (χ3n) is 2.93. The molecule has 0 aliphatic carbocycles. The summed E-state index contributed by atoms with van der Waals surface area (Å²) >= 11 is 0. The molecule has 0 N–H and O–H groups in total. The van der Waals surface area contributed by atoms with Gasteiger partial charge in [-0.2, -0.15) is 0 Å². The Morgan fingerprint density at radius 3 is 2.82 bits per heavy atom. The Morgan fingerprint density at radius 1 is 1.47 bits per heavy atom. The quantitative estimate of drug-likeness (QED) is 0.413. The van der Waals surface area contributed by atoms with Gasteiger partial charge in [0.1, 0.15) is 12.4 Å². The number of hydrogen-bond acceptors (Lipinski definition) is 2. The lowest BCUT2D eigenvalue weighted by Crippen LogP contribution is -2.32. The van der Waals surface area contributed by atoms with Crippen molar-refractivity contribution in [1.82, 2.24) is 4.57 Å². The normalized spacial score (nSPS) is 12.4. The number of ether oxygens (including phenoxy) is 1. The molecule has 0 radical (unpaired) electrons. The van der Waals surface area contributed by atoms with Gasteiger partial charge in [0, 0.05) is 6.42 Å². The standard InChI is InChI=1S/C13H23N2O2/c1-4-12(3)13(16)17-10-6-7-15-9-8-14(5-2)11-15/h8-9,11-12H,4-7,10H2,1-3H3/q+1. The Hall–Kier alpha value is -1.32. The van der Waals surface area contributed by atoms with Gasteiger partial charge in [-0.15, -0.1) is 0 Å². The molecule has 0 fully saturated rings. The summed E-state index contributed by atoms with van der Waals surface area (Å²) in [4.78, 5) is 11.4. The molecule has 1 aromatic heterocycles. The first kappa shape index (κ1) is 13.7. The van der Waals surface area contributed by atoms with Crippen LogP contribution in [-0.4, -0.2) is 17.1 Å². The lowest BCUT2D eigenvalue weighted by Gasteiger charge is -2.08. The zero-order chi connectivity index (χ0) is 12.7. The minimum atomic E-state index is -0.0800. The lowest BCUT2D eigenvalue weighted by atomic mass is 10.1. The second kappa shape index (κ2) is 7.09.